The van der Waals surface area contributed by atoms with Crippen LogP contribution in [-0.2, 0) is 70.1 Å². The molecular formula is C51H79NO8Si. The van der Waals surface area contributed by atoms with E-state index in [9.17, 15) is 4.79 Å². The van der Waals surface area contributed by atoms with Crippen LogP contribution in [0.5, 0.6) is 0 Å². The molecule has 0 fully saturated rings. The lowest BCUT2D eigenvalue weighted by Gasteiger charge is -2.42. The first-order valence-corrected chi connectivity index (χ1v) is 24.9. The quantitative estimate of drug-likeness (QED) is 0.159. The van der Waals surface area contributed by atoms with E-state index in [0.717, 1.165) is 39.8 Å². The maximum Gasteiger partial charge on any atom is 0.251 e. The molecule has 0 saturated heterocycles. The van der Waals surface area contributed by atoms with Gasteiger partial charge in [0.25, 0.3) is 5.91 Å². The normalized spacial score (nSPS) is 16.4. The Balaban J connectivity index is 1.65. The summed E-state index contributed by atoms with van der Waals surface area (Å²) in [6, 6.07) is 19.3. The van der Waals surface area contributed by atoms with Crippen LogP contribution < -0.4 is 5.32 Å². The number of amides is 1. The molecule has 10 heteroatoms. The van der Waals surface area contributed by atoms with E-state index < -0.39 is 8.32 Å². The topological polar surface area (TPSA) is 93.7 Å². The van der Waals surface area contributed by atoms with Gasteiger partial charge in [-0.1, -0.05) is 126 Å². The van der Waals surface area contributed by atoms with E-state index in [2.05, 4.69) is 137 Å². The van der Waals surface area contributed by atoms with Crippen LogP contribution in [0.4, 0.5) is 0 Å². The maximum absolute atomic E-state index is 14.5. The molecule has 4 heterocycles. The first-order valence-electron chi connectivity index (χ1n) is 22.7. The van der Waals surface area contributed by atoms with Gasteiger partial charge in [-0.05, 0) is 90.5 Å². The SMILES string of the molecule is CC(C)[Si](OCCCNC(=O)c1cc2cc(-c3cc(C(C)(C)C)cc(C(C)(C)C)c3)c1COCCOCCOCc1ccc(cc1)COCCOCCOC2)(C(C)C)C(C)C. The van der Waals surface area contributed by atoms with Crippen molar-refractivity contribution in [2.75, 3.05) is 66.0 Å². The monoisotopic (exact) mass is 862 g/mol. The highest BCUT2D eigenvalue weighted by atomic mass is 28.4. The van der Waals surface area contributed by atoms with Crippen molar-refractivity contribution in [2.45, 2.75) is 143 Å². The number of benzene rings is 3. The molecule has 0 atom stereocenters. The first kappa shape index (κ1) is 50.7. The third-order valence-corrected chi connectivity index (χ3v) is 17.9. The lowest BCUT2D eigenvalue weighted by Crippen LogP contribution is -2.48. The molecule has 0 aromatic heterocycles. The molecule has 0 unspecified atom stereocenters. The number of carbonyl (C=O) groups excluding carboxylic acids is 1. The van der Waals surface area contributed by atoms with Crippen LogP contribution in [0.2, 0.25) is 16.6 Å². The average molecular weight is 862 g/mol. The Bertz CT molecular complexity index is 1720. The number of carbonyl (C=O) groups is 1. The Morgan fingerprint density at radius 1 is 0.590 bits per heavy atom. The predicted octanol–water partition coefficient (Wildman–Crippen LogP) is 11.1. The fourth-order valence-corrected chi connectivity index (χ4v) is 13.8. The second-order valence-corrected chi connectivity index (χ2v) is 25.0. The Labute approximate surface area is 370 Å². The van der Waals surface area contributed by atoms with Crippen LogP contribution in [0.1, 0.15) is 133 Å². The van der Waals surface area contributed by atoms with E-state index in [-0.39, 0.29) is 23.3 Å². The van der Waals surface area contributed by atoms with Crippen molar-refractivity contribution in [3.05, 3.63) is 93.5 Å². The average Bonchev–Trinajstić information content (AvgIpc) is 3.19. The zero-order valence-electron chi connectivity index (χ0n) is 39.8. The minimum absolute atomic E-state index is 0.0929. The van der Waals surface area contributed by atoms with Crippen molar-refractivity contribution in [1.29, 1.82) is 0 Å². The molecule has 0 spiro atoms. The van der Waals surface area contributed by atoms with Gasteiger partial charge in [-0.25, -0.2) is 0 Å². The lowest BCUT2D eigenvalue weighted by molar-refractivity contribution is 0.00621. The summed E-state index contributed by atoms with van der Waals surface area (Å²) in [7, 11) is -2.01. The minimum Gasteiger partial charge on any atom is -0.416 e. The summed E-state index contributed by atoms with van der Waals surface area (Å²) in [6.45, 7) is 33.5. The molecule has 9 nitrogen and oxygen atoms in total. The van der Waals surface area contributed by atoms with E-state index in [4.69, 9.17) is 32.8 Å². The summed E-state index contributed by atoms with van der Waals surface area (Å²) in [5, 5.41) is 3.26. The summed E-state index contributed by atoms with van der Waals surface area (Å²) in [5.41, 5.74) is 10.3. The van der Waals surface area contributed by atoms with Gasteiger partial charge >= 0.3 is 0 Å². The Morgan fingerprint density at radius 2 is 1.02 bits per heavy atom. The number of hydrogen-bond acceptors (Lipinski definition) is 8. The molecular weight excluding hydrogens is 783 g/mol. The molecule has 1 N–H and O–H groups in total. The molecule has 4 aliphatic rings. The zero-order valence-corrected chi connectivity index (χ0v) is 40.8. The molecule has 3 aromatic rings. The van der Waals surface area contributed by atoms with Gasteiger partial charge in [-0.3, -0.25) is 4.79 Å². The third kappa shape index (κ3) is 15.4. The summed E-state index contributed by atoms with van der Waals surface area (Å²) < 4.78 is 42.9. The van der Waals surface area contributed by atoms with Gasteiger partial charge in [0, 0.05) is 18.7 Å². The second-order valence-electron chi connectivity index (χ2n) is 19.5. The Morgan fingerprint density at radius 3 is 1.46 bits per heavy atom. The molecule has 0 aliphatic carbocycles. The molecule has 4 aliphatic heterocycles. The Kier molecular flexibility index (Phi) is 20.1. The first-order chi connectivity index (χ1) is 28.9. The predicted molar refractivity (Wildman–Crippen MR) is 250 cm³/mol. The second kappa shape index (κ2) is 24.2. The highest BCUT2D eigenvalue weighted by Crippen LogP contribution is 2.42. The van der Waals surface area contributed by atoms with Crippen LogP contribution >= 0.6 is 0 Å². The fourth-order valence-electron chi connectivity index (χ4n) is 8.35. The van der Waals surface area contributed by atoms with Crippen LogP contribution in [0.15, 0.2) is 54.6 Å². The van der Waals surface area contributed by atoms with Gasteiger partial charge in [-0.15, -0.1) is 0 Å². The van der Waals surface area contributed by atoms with Gasteiger partial charge < -0.3 is 38.2 Å². The molecule has 0 radical (unpaired) electrons. The smallest absolute Gasteiger partial charge is 0.251 e. The fraction of sp³-hybridized carbons (Fsp3) is 0.627. The van der Waals surface area contributed by atoms with Crippen molar-refractivity contribution in [2.24, 2.45) is 0 Å². The third-order valence-electron chi connectivity index (χ3n) is 11.8. The van der Waals surface area contributed by atoms with E-state index in [1.165, 1.54) is 11.1 Å². The highest BCUT2D eigenvalue weighted by Gasteiger charge is 2.44. The van der Waals surface area contributed by atoms with Crippen molar-refractivity contribution < 1.29 is 37.6 Å². The molecule has 340 valence electrons. The van der Waals surface area contributed by atoms with E-state index in [0.29, 0.717) is 108 Å². The highest BCUT2D eigenvalue weighted by molar-refractivity contribution is 6.77. The molecule has 7 rings (SSSR count). The number of ether oxygens (including phenoxy) is 6. The summed E-state index contributed by atoms with van der Waals surface area (Å²) in [4.78, 5) is 14.5. The largest absolute Gasteiger partial charge is 0.416 e. The van der Waals surface area contributed by atoms with Crippen LogP contribution in [0.25, 0.3) is 11.1 Å². The van der Waals surface area contributed by atoms with E-state index in [1.54, 1.807) is 0 Å². The molecule has 1 amide bonds. The molecule has 0 saturated carbocycles. The van der Waals surface area contributed by atoms with Crippen LogP contribution in [0, 0.1) is 0 Å². The lowest BCUT2D eigenvalue weighted by atomic mass is 9.78. The number of hydrogen-bond donors (Lipinski definition) is 1. The van der Waals surface area contributed by atoms with Gasteiger partial charge in [0.15, 0.2) is 8.32 Å². The molecule has 3 aromatic carbocycles. The minimum atomic E-state index is -2.01. The molecule has 4 bridgehead atoms. The standard InChI is InChI=1S/C51H79NO8Si/c1-37(2)61(38(3)4,39(5)6)60-19-13-18-52-49(53)47-29-42-28-46(43-30-44(50(7,8)9)32-45(31-43)51(10,11)12)48(47)36-59-27-23-55-21-25-57-34-41-16-14-40(15-17-41)33-56-24-20-54-22-26-58-35-42/h14-17,28-32,37-39H,13,18-27,33-36H2,1-12H3,(H,52,53). The van der Waals surface area contributed by atoms with Crippen LogP contribution in [0.3, 0.4) is 0 Å². The van der Waals surface area contributed by atoms with E-state index >= 15 is 0 Å². The van der Waals surface area contributed by atoms with Crippen LogP contribution in [-0.4, -0.2) is 80.2 Å². The maximum atomic E-state index is 14.5. The van der Waals surface area contributed by atoms with Gasteiger partial charge in [0.05, 0.1) is 79.3 Å². The molecule has 61 heavy (non-hydrogen) atoms. The van der Waals surface area contributed by atoms with Gasteiger partial charge in [-0.2, -0.15) is 0 Å². The van der Waals surface area contributed by atoms with Gasteiger partial charge in [0.1, 0.15) is 0 Å². The number of rotatable bonds is 10. The summed E-state index contributed by atoms with van der Waals surface area (Å²) >= 11 is 0. The van der Waals surface area contributed by atoms with Gasteiger partial charge in [0.2, 0.25) is 0 Å². The zero-order chi connectivity index (χ0) is 44.6. The van der Waals surface area contributed by atoms with Crippen molar-refractivity contribution in [1.82, 2.24) is 5.32 Å². The van der Waals surface area contributed by atoms with Crippen molar-refractivity contribution in [3.63, 3.8) is 0 Å². The summed E-state index contributed by atoms with van der Waals surface area (Å²) in [5.74, 6) is -0.135. The summed E-state index contributed by atoms with van der Waals surface area (Å²) in [6.07, 6.45) is 0.731. The van der Waals surface area contributed by atoms with E-state index in [1.807, 2.05) is 6.07 Å². The Hall–Kier alpha value is -2.93. The number of nitrogens with one attached hydrogen (secondary N) is 1. The van der Waals surface area contributed by atoms with Crippen molar-refractivity contribution in [3.8, 4) is 11.1 Å². The van der Waals surface area contributed by atoms with Crippen molar-refractivity contribution >= 4 is 14.2 Å².